The van der Waals surface area contributed by atoms with Crippen molar-refractivity contribution in [2.45, 2.75) is 38.6 Å². The SMILES string of the molecule is CC(C)[C@@H](N)C(=O)Nc1ccc2oc(C3CC3)nc2c1.Cl. The fourth-order valence-electron chi connectivity index (χ4n) is 2.06. The van der Waals surface area contributed by atoms with Crippen molar-refractivity contribution in [3.8, 4) is 0 Å². The van der Waals surface area contributed by atoms with Gasteiger partial charge in [0.2, 0.25) is 5.91 Å². The lowest BCUT2D eigenvalue weighted by Gasteiger charge is -2.15. The average Bonchev–Trinajstić information content (AvgIpc) is 3.17. The van der Waals surface area contributed by atoms with Gasteiger partial charge in [0.1, 0.15) is 5.52 Å². The number of oxazole rings is 1. The first-order valence-electron chi connectivity index (χ1n) is 7.01. The van der Waals surface area contributed by atoms with Crippen LogP contribution in [0.25, 0.3) is 11.1 Å². The minimum atomic E-state index is -0.509. The second-order valence-electron chi connectivity index (χ2n) is 5.77. The summed E-state index contributed by atoms with van der Waals surface area (Å²) in [7, 11) is 0. The molecule has 1 fully saturated rings. The van der Waals surface area contributed by atoms with Crippen LogP contribution < -0.4 is 11.1 Å². The first-order chi connectivity index (χ1) is 9.54. The highest BCUT2D eigenvalue weighted by Gasteiger charge is 2.29. The van der Waals surface area contributed by atoms with Gasteiger partial charge in [-0.2, -0.15) is 0 Å². The van der Waals surface area contributed by atoms with E-state index < -0.39 is 6.04 Å². The summed E-state index contributed by atoms with van der Waals surface area (Å²) in [6, 6.07) is 4.97. The van der Waals surface area contributed by atoms with Crippen LogP contribution in [0.2, 0.25) is 0 Å². The molecule has 3 rings (SSSR count). The number of benzene rings is 1. The predicted molar refractivity (Wildman–Crippen MR) is 84.7 cm³/mol. The van der Waals surface area contributed by atoms with Crippen LogP contribution in [-0.2, 0) is 4.79 Å². The number of nitrogens with zero attached hydrogens (tertiary/aromatic N) is 1. The Bertz CT molecular complexity index is 649. The number of amides is 1. The minimum Gasteiger partial charge on any atom is -0.440 e. The van der Waals surface area contributed by atoms with E-state index in [1.54, 1.807) is 0 Å². The third-order valence-corrected chi connectivity index (χ3v) is 3.62. The Hall–Kier alpha value is -1.59. The number of halogens is 1. The van der Waals surface area contributed by atoms with Gasteiger partial charge in [-0.3, -0.25) is 4.79 Å². The smallest absolute Gasteiger partial charge is 0.241 e. The van der Waals surface area contributed by atoms with Crippen LogP contribution in [0, 0.1) is 5.92 Å². The highest BCUT2D eigenvalue weighted by molar-refractivity contribution is 5.96. The number of nitrogens with one attached hydrogen (secondary N) is 1. The first-order valence-corrected chi connectivity index (χ1v) is 7.01. The number of fused-ring (bicyclic) bond motifs is 1. The van der Waals surface area contributed by atoms with E-state index in [-0.39, 0.29) is 24.2 Å². The van der Waals surface area contributed by atoms with Crippen LogP contribution in [0.1, 0.15) is 38.5 Å². The van der Waals surface area contributed by atoms with Crippen LogP contribution >= 0.6 is 12.4 Å². The van der Waals surface area contributed by atoms with E-state index in [1.807, 2.05) is 32.0 Å². The Morgan fingerprint density at radius 1 is 1.43 bits per heavy atom. The van der Waals surface area contributed by atoms with Crippen molar-refractivity contribution < 1.29 is 9.21 Å². The first kappa shape index (κ1) is 15.8. The fraction of sp³-hybridized carbons (Fsp3) is 0.467. The summed E-state index contributed by atoms with van der Waals surface area (Å²) in [5, 5.41) is 2.82. The number of carbonyl (C=O) groups is 1. The van der Waals surface area contributed by atoms with Gasteiger partial charge >= 0.3 is 0 Å². The summed E-state index contributed by atoms with van der Waals surface area (Å²) in [6.45, 7) is 3.85. The van der Waals surface area contributed by atoms with E-state index in [0.717, 1.165) is 29.8 Å². The lowest BCUT2D eigenvalue weighted by Crippen LogP contribution is -2.39. The number of rotatable bonds is 4. The standard InChI is InChI=1S/C15H19N3O2.ClH/c1-8(2)13(16)14(19)17-10-5-6-12-11(7-10)18-15(20-12)9-3-4-9;/h5-9,13H,3-4,16H2,1-2H3,(H,17,19);1H/t13-;/m1./s1. The average molecular weight is 310 g/mol. The van der Waals surface area contributed by atoms with Gasteiger partial charge in [-0.05, 0) is 37.0 Å². The van der Waals surface area contributed by atoms with Crippen molar-refractivity contribution in [1.82, 2.24) is 4.98 Å². The molecule has 114 valence electrons. The lowest BCUT2D eigenvalue weighted by molar-refractivity contribution is -0.118. The highest BCUT2D eigenvalue weighted by atomic mass is 35.5. The van der Waals surface area contributed by atoms with E-state index in [1.165, 1.54) is 0 Å². The number of aromatic nitrogens is 1. The molecular weight excluding hydrogens is 290 g/mol. The van der Waals surface area contributed by atoms with Gasteiger partial charge in [-0.15, -0.1) is 12.4 Å². The molecule has 0 aliphatic heterocycles. The number of nitrogens with two attached hydrogens (primary N) is 1. The summed E-state index contributed by atoms with van der Waals surface area (Å²) in [4.78, 5) is 16.4. The topological polar surface area (TPSA) is 81.2 Å². The molecule has 1 heterocycles. The van der Waals surface area contributed by atoms with E-state index in [2.05, 4.69) is 10.3 Å². The molecule has 1 amide bonds. The lowest BCUT2D eigenvalue weighted by atomic mass is 10.0. The van der Waals surface area contributed by atoms with Crippen LogP contribution in [0.5, 0.6) is 0 Å². The van der Waals surface area contributed by atoms with Crippen molar-refractivity contribution in [3.05, 3.63) is 24.1 Å². The Kier molecular flexibility index (Phi) is 4.54. The van der Waals surface area contributed by atoms with E-state index in [0.29, 0.717) is 11.6 Å². The predicted octanol–water partition coefficient (Wildman–Crippen LogP) is 3.05. The zero-order valence-electron chi connectivity index (χ0n) is 12.1. The Balaban J connectivity index is 0.00000161. The molecule has 0 saturated heterocycles. The number of carbonyl (C=O) groups excluding carboxylic acids is 1. The molecule has 6 heteroatoms. The normalized spacial score (nSPS) is 15.8. The molecular formula is C15H20ClN3O2. The zero-order valence-corrected chi connectivity index (χ0v) is 12.9. The second-order valence-corrected chi connectivity index (χ2v) is 5.77. The minimum absolute atomic E-state index is 0. The molecule has 3 N–H and O–H groups in total. The van der Waals surface area contributed by atoms with E-state index >= 15 is 0 Å². The molecule has 1 saturated carbocycles. The molecule has 0 spiro atoms. The van der Waals surface area contributed by atoms with Gasteiger partial charge in [0.05, 0.1) is 6.04 Å². The monoisotopic (exact) mass is 309 g/mol. The third kappa shape index (κ3) is 3.36. The Labute approximate surface area is 129 Å². The number of hydrogen-bond acceptors (Lipinski definition) is 4. The van der Waals surface area contributed by atoms with Gasteiger partial charge in [0.25, 0.3) is 0 Å². The maximum atomic E-state index is 11.9. The summed E-state index contributed by atoms with van der Waals surface area (Å²) >= 11 is 0. The summed E-state index contributed by atoms with van der Waals surface area (Å²) in [5.41, 5.74) is 8.07. The van der Waals surface area contributed by atoms with Crippen molar-refractivity contribution in [3.63, 3.8) is 0 Å². The molecule has 5 nitrogen and oxygen atoms in total. The third-order valence-electron chi connectivity index (χ3n) is 3.62. The molecule has 1 aliphatic rings. The zero-order chi connectivity index (χ0) is 14.3. The van der Waals surface area contributed by atoms with Gasteiger partial charge in [0, 0.05) is 11.6 Å². The van der Waals surface area contributed by atoms with Crippen LogP contribution in [0.3, 0.4) is 0 Å². The second kappa shape index (κ2) is 6.03. The molecule has 1 aliphatic carbocycles. The molecule has 2 aromatic rings. The van der Waals surface area contributed by atoms with Crippen LogP contribution in [0.4, 0.5) is 5.69 Å². The molecule has 0 radical (unpaired) electrons. The van der Waals surface area contributed by atoms with Crippen molar-refractivity contribution >= 4 is 35.1 Å². The molecule has 0 bridgehead atoms. The van der Waals surface area contributed by atoms with Gasteiger partial charge in [-0.25, -0.2) is 4.98 Å². The van der Waals surface area contributed by atoms with E-state index in [9.17, 15) is 4.79 Å². The van der Waals surface area contributed by atoms with Crippen LogP contribution in [-0.4, -0.2) is 16.9 Å². The van der Waals surface area contributed by atoms with Crippen molar-refractivity contribution in [2.75, 3.05) is 5.32 Å². The Morgan fingerprint density at radius 2 is 2.14 bits per heavy atom. The highest BCUT2D eigenvalue weighted by Crippen LogP contribution is 2.40. The summed E-state index contributed by atoms with van der Waals surface area (Å²) in [5.74, 6) is 1.22. The molecule has 1 atom stereocenters. The van der Waals surface area contributed by atoms with Crippen LogP contribution in [0.15, 0.2) is 22.6 Å². The van der Waals surface area contributed by atoms with Gasteiger partial charge in [0.15, 0.2) is 11.5 Å². The number of hydrogen-bond donors (Lipinski definition) is 2. The van der Waals surface area contributed by atoms with Gasteiger partial charge < -0.3 is 15.5 Å². The molecule has 1 aromatic heterocycles. The maximum absolute atomic E-state index is 11.9. The van der Waals surface area contributed by atoms with Gasteiger partial charge in [-0.1, -0.05) is 13.8 Å². The quantitative estimate of drug-likeness (QED) is 0.909. The van der Waals surface area contributed by atoms with Crippen molar-refractivity contribution in [1.29, 1.82) is 0 Å². The summed E-state index contributed by atoms with van der Waals surface area (Å²) < 4.78 is 5.69. The molecule has 0 unspecified atom stereocenters. The largest absolute Gasteiger partial charge is 0.440 e. The van der Waals surface area contributed by atoms with E-state index in [4.69, 9.17) is 10.2 Å². The molecule has 21 heavy (non-hydrogen) atoms. The summed E-state index contributed by atoms with van der Waals surface area (Å²) in [6.07, 6.45) is 2.30. The number of anilines is 1. The molecule has 1 aromatic carbocycles. The Morgan fingerprint density at radius 3 is 2.76 bits per heavy atom. The maximum Gasteiger partial charge on any atom is 0.241 e. The van der Waals surface area contributed by atoms with Crippen molar-refractivity contribution in [2.24, 2.45) is 11.7 Å². The fourth-order valence-corrected chi connectivity index (χ4v) is 2.06.